The average Bonchev–Trinajstić information content (AvgIpc) is 2.66. The number of hydrogen-bond donors (Lipinski definition) is 1. The number of aromatic nitrogens is 2. The lowest BCUT2D eigenvalue weighted by Crippen LogP contribution is -2.00. The number of nitrogens with two attached hydrogens (primary N) is 1. The Labute approximate surface area is 103 Å². The van der Waals surface area contributed by atoms with Gasteiger partial charge in [0.15, 0.2) is 0 Å². The van der Waals surface area contributed by atoms with Crippen molar-refractivity contribution in [2.24, 2.45) is 0 Å². The van der Waals surface area contributed by atoms with Crippen LogP contribution < -0.4 is 5.73 Å². The zero-order chi connectivity index (χ0) is 12.4. The number of terminal acetylenes is 1. The Morgan fingerprint density at radius 2 is 2.29 bits per heavy atom. The molecule has 5 heteroatoms. The van der Waals surface area contributed by atoms with Gasteiger partial charge in [0.25, 0.3) is 0 Å². The summed E-state index contributed by atoms with van der Waals surface area (Å²) in [6, 6.07) is 4.33. The van der Waals surface area contributed by atoms with E-state index in [1.807, 2.05) is 0 Å². The van der Waals surface area contributed by atoms with E-state index >= 15 is 0 Å². The van der Waals surface area contributed by atoms with Gasteiger partial charge in [-0.05, 0) is 18.2 Å². The van der Waals surface area contributed by atoms with Crippen LogP contribution in [0.4, 0.5) is 10.2 Å². The minimum Gasteiger partial charge on any atom is -0.383 e. The van der Waals surface area contributed by atoms with Crippen molar-refractivity contribution in [2.45, 2.75) is 6.54 Å². The highest BCUT2D eigenvalue weighted by Crippen LogP contribution is 2.27. The molecule has 0 saturated heterocycles. The van der Waals surface area contributed by atoms with Gasteiger partial charge in [-0.1, -0.05) is 17.5 Å². The van der Waals surface area contributed by atoms with Crippen LogP contribution in [-0.4, -0.2) is 9.55 Å². The molecule has 0 radical (unpaired) electrons. The summed E-state index contributed by atoms with van der Waals surface area (Å²) in [5.41, 5.74) is 7.08. The summed E-state index contributed by atoms with van der Waals surface area (Å²) in [5.74, 6) is 2.43. The summed E-state index contributed by atoms with van der Waals surface area (Å²) in [5, 5.41) is 0.0356. The van der Waals surface area contributed by atoms with Crippen molar-refractivity contribution in [1.29, 1.82) is 0 Å². The van der Waals surface area contributed by atoms with E-state index < -0.39 is 5.82 Å². The van der Waals surface area contributed by atoms with E-state index in [1.165, 1.54) is 12.1 Å². The highest BCUT2D eigenvalue weighted by Gasteiger charge is 2.11. The van der Waals surface area contributed by atoms with Gasteiger partial charge < -0.3 is 10.3 Å². The van der Waals surface area contributed by atoms with Gasteiger partial charge in [0.05, 0.1) is 17.9 Å². The lowest BCUT2D eigenvalue weighted by molar-refractivity contribution is 0.628. The number of rotatable bonds is 2. The SMILES string of the molecule is C#CCn1cnc(-c2ccc(F)c(Cl)c2)c1N. The van der Waals surface area contributed by atoms with E-state index in [-0.39, 0.29) is 5.02 Å². The Kier molecular flexibility index (Phi) is 3.03. The zero-order valence-corrected chi connectivity index (χ0v) is 9.58. The van der Waals surface area contributed by atoms with Gasteiger partial charge >= 0.3 is 0 Å². The predicted molar refractivity (Wildman–Crippen MR) is 65.9 cm³/mol. The average molecular weight is 250 g/mol. The summed E-state index contributed by atoms with van der Waals surface area (Å²) in [6.45, 7) is 0.341. The van der Waals surface area contributed by atoms with E-state index in [1.54, 1.807) is 17.0 Å². The van der Waals surface area contributed by atoms with Crippen LogP contribution in [0, 0.1) is 18.2 Å². The molecule has 0 fully saturated rings. The predicted octanol–water partition coefficient (Wildman–Crippen LogP) is 2.56. The van der Waals surface area contributed by atoms with Gasteiger partial charge in [-0.3, -0.25) is 0 Å². The van der Waals surface area contributed by atoms with Gasteiger partial charge in [-0.2, -0.15) is 0 Å². The molecule has 0 aliphatic carbocycles. The molecule has 0 spiro atoms. The third kappa shape index (κ3) is 2.10. The third-order valence-electron chi connectivity index (χ3n) is 2.33. The molecule has 0 saturated carbocycles. The van der Waals surface area contributed by atoms with Crippen LogP contribution in [0.25, 0.3) is 11.3 Å². The molecule has 17 heavy (non-hydrogen) atoms. The zero-order valence-electron chi connectivity index (χ0n) is 8.82. The highest BCUT2D eigenvalue weighted by molar-refractivity contribution is 6.31. The standard InChI is InChI=1S/C12H9ClFN3/c1-2-5-17-7-16-11(12(17)15)8-3-4-10(14)9(13)6-8/h1,3-4,6-7H,5,15H2. The van der Waals surface area contributed by atoms with Crippen molar-refractivity contribution in [3.05, 3.63) is 35.4 Å². The largest absolute Gasteiger partial charge is 0.383 e. The van der Waals surface area contributed by atoms with Gasteiger partial charge in [-0.15, -0.1) is 6.42 Å². The van der Waals surface area contributed by atoms with Crippen LogP contribution in [0.1, 0.15) is 0 Å². The van der Waals surface area contributed by atoms with Gasteiger partial charge in [-0.25, -0.2) is 9.37 Å². The molecule has 1 heterocycles. The maximum atomic E-state index is 13.0. The van der Waals surface area contributed by atoms with Gasteiger partial charge in [0.1, 0.15) is 17.3 Å². The number of nitrogen functional groups attached to an aromatic ring is 1. The molecule has 0 aliphatic rings. The molecule has 1 aromatic carbocycles. The monoisotopic (exact) mass is 249 g/mol. The second kappa shape index (κ2) is 4.48. The van der Waals surface area contributed by atoms with Crippen molar-refractivity contribution < 1.29 is 4.39 Å². The molecule has 86 valence electrons. The fourth-order valence-corrected chi connectivity index (χ4v) is 1.66. The topological polar surface area (TPSA) is 43.8 Å². The third-order valence-corrected chi connectivity index (χ3v) is 2.62. The molecule has 0 aliphatic heterocycles. The number of halogens is 2. The van der Waals surface area contributed by atoms with Gasteiger partial charge in [0.2, 0.25) is 0 Å². The Hall–Kier alpha value is -1.99. The first kappa shape index (κ1) is 11.5. The van der Waals surface area contributed by atoms with Crippen LogP contribution in [-0.2, 0) is 6.54 Å². The number of nitrogens with zero attached hydrogens (tertiary/aromatic N) is 2. The Morgan fingerprint density at radius 1 is 1.53 bits per heavy atom. The van der Waals surface area contributed by atoms with Crippen molar-refractivity contribution in [3.63, 3.8) is 0 Å². The van der Waals surface area contributed by atoms with Crippen LogP contribution in [0.15, 0.2) is 24.5 Å². The first-order valence-corrected chi connectivity index (χ1v) is 5.20. The minimum absolute atomic E-state index is 0.0356. The van der Waals surface area contributed by atoms with Crippen LogP contribution in [0.5, 0.6) is 0 Å². The quantitative estimate of drug-likeness (QED) is 0.832. The van der Waals surface area contributed by atoms with E-state index in [0.29, 0.717) is 23.6 Å². The summed E-state index contributed by atoms with van der Waals surface area (Å²) >= 11 is 5.70. The van der Waals surface area contributed by atoms with E-state index in [0.717, 1.165) is 0 Å². The van der Waals surface area contributed by atoms with Gasteiger partial charge in [0, 0.05) is 5.56 Å². The fourth-order valence-electron chi connectivity index (χ4n) is 1.48. The van der Waals surface area contributed by atoms with E-state index in [9.17, 15) is 4.39 Å². The first-order valence-electron chi connectivity index (χ1n) is 4.83. The molecule has 2 rings (SSSR count). The molecule has 2 aromatic rings. The number of anilines is 1. The number of benzene rings is 1. The summed E-state index contributed by atoms with van der Waals surface area (Å²) in [4.78, 5) is 4.14. The molecular formula is C12H9ClFN3. The molecular weight excluding hydrogens is 241 g/mol. The minimum atomic E-state index is -0.475. The molecule has 2 N–H and O–H groups in total. The lowest BCUT2D eigenvalue weighted by Gasteiger charge is -2.03. The van der Waals surface area contributed by atoms with Crippen LogP contribution in [0.3, 0.4) is 0 Å². The molecule has 0 atom stereocenters. The molecule has 3 nitrogen and oxygen atoms in total. The van der Waals surface area contributed by atoms with E-state index in [4.69, 9.17) is 23.8 Å². The van der Waals surface area contributed by atoms with Crippen LogP contribution >= 0.6 is 11.6 Å². The second-order valence-electron chi connectivity index (χ2n) is 3.44. The molecule has 0 amide bonds. The van der Waals surface area contributed by atoms with E-state index in [2.05, 4.69) is 10.9 Å². The Balaban J connectivity index is 2.47. The Morgan fingerprint density at radius 3 is 2.94 bits per heavy atom. The number of hydrogen-bond acceptors (Lipinski definition) is 2. The number of imidazole rings is 1. The summed E-state index contributed by atoms with van der Waals surface area (Å²) in [7, 11) is 0. The maximum absolute atomic E-state index is 13.0. The Bertz CT molecular complexity index is 598. The van der Waals surface area contributed by atoms with Crippen LogP contribution in [0.2, 0.25) is 5.02 Å². The molecule has 0 unspecified atom stereocenters. The molecule has 1 aromatic heterocycles. The van der Waals surface area contributed by atoms with Crippen molar-refractivity contribution >= 4 is 17.4 Å². The van der Waals surface area contributed by atoms with Crippen molar-refractivity contribution in [3.8, 4) is 23.6 Å². The normalized spacial score (nSPS) is 10.2. The highest BCUT2D eigenvalue weighted by atomic mass is 35.5. The maximum Gasteiger partial charge on any atom is 0.141 e. The smallest absolute Gasteiger partial charge is 0.141 e. The summed E-state index contributed by atoms with van der Waals surface area (Å²) < 4.78 is 14.7. The van der Waals surface area contributed by atoms with Crippen molar-refractivity contribution in [1.82, 2.24) is 9.55 Å². The first-order chi connectivity index (χ1) is 8.13. The second-order valence-corrected chi connectivity index (χ2v) is 3.85. The molecule has 0 bridgehead atoms. The van der Waals surface area contributed by atoms with Crippen molar-refractivity contribution in [2.75, 3.05) is 5.73 Å². The summed E-state index contributed by atoms with van der Waals surface area (Å²) in [6.07, 6.45) is 6.74. The fraction of sp³-hybridized carbons (Fsp3) is 0.0833. The lowest BCUT2D eigenvalue weighted by atomic mass is 10.1.